The third-order valence-electron chi connectivity index (χ3n) is 19.5. The fourth-order valence-corrected chi connectivity index (χ4v) is 15.2. The molecule has 0 aromatic carbocycles. The van der Waals surface area contributed by atoms with E-state index in [2.05, 4.69) is 26.8 Å². The first-order chi connectivity index (χ1) is 35.2. The summed E-state index contributed by atoms with van der Waals surface area (Å²) in [5, 5.41) is 64.5. The van der Waals surface area contributed by atoms with E-state index in [1.54, 1.807) is 28.1 Å². The van der Waals surface area contributed by atoms with Crippen molar-refractivity contribution in [1.82, 2.24) is 0 Å². The zero-order valence-corrected chi connectivity index (χ0v) is 45.1. The molecule has 0 unspecified atom stereocenters. The van der Waals surface area contributed by atoms with Crippen LogP contribution in [0.15, 0.2) is 11.6 Å². The Morgan fingerprint density at radius 3 is 1.66 bits per heavy atom. The Balaban J connectivity index is 0.740. The van der Waals surface area contributed by atoms with Crippen LogP contribution in [0.3, 0.4) is 0 Å². The SMILES string of the molecule is CC[C@@H]1CC(=O)[C@]2(O)[C@@H]3CC=C4C[C@@H](O[C@H]5C[C@H](OC)[C@H](O[C@H]6C[C@H](OC)[C@H](O[C@H]7C[C@@H](O)[C@H](O[C@H]8C[C@@H](OC)[C@H](O[C@@H]9O[C@H](CO)[C@@H](O)[C@H](O)[C@H]9O)[C@@H](C)O8)[C@@H](C)O7)[C@@H](C)O6)[C@@H](C)O5)CC[C@]4(C)[C@H]3CC[C@]12C. The number of aliphatic hydroxyl groups is 6. The molecule has 0 spiro atoms. The average Bonchev–Trinajstić information content (AvgIpc) is 3.58. The number of rotatable bonds is 15. The van der Waals surface area contributed by atoms with Gasteiger partial charge in [0.15, 0.2) is 37.2 Å². The molecule has 20 heteroatoms. The number of allylic oxidation sites excluding steroid dienone is 1. The van der Waals surface area contributed by atoms with E-state index in [0.717, 1.165) is 44.9 Å². The number of carbonyl (C=O) groups excluding carboxylic acids is 1. The number of fused-ring (bicyclic) bond motifs is 5. The quantitative estimate of drug-likeness (QED) is 0.129. The summed E-state index contributed by atoms with van der Waals surface area (Å²) < 4.78 is 81.1. The van der Waals surface area contributed by atoms with Gasteiger partial charge in [0.2, 0.25) is 0 Å². The van der Waals surface area contributed by atoms with Gasteiger partial charge in [-0.3, -0.25) is 4.79 Å². The molecule has 0 aromatic heterocycles. The minimum absolute atomic E-state index is 0.0320. The fourth-order valence-electron chi connectivity index (χ4n) is 15.2. The summed E-state index contributed by atoms with van der Waals surface area (Å²) in [5.74, 6) is 0.497. The van der Waals surface area contributed by atoms with E-state index in [-0.39, 0.29) is 65.5 Å². The molecule has 9 aliphatic rings. The van der Waals surface area contributed by atoms with Crippen molar-refractivity contribution in [2.45, 2.75) is 266 Å². The van der Waals surface area contributed by atoms with Crippen molar-refractivity contribution in [2.24, 2.45) is 28.6 Å². The van der Waals surface area contributed by atoms with Gasteiger partial charge in [-0.15, -0.1) is 0 Å². The molecule has 5 aliphatic heterocycles. The van der Waals surface area contributed by atoms with E-state index in [1.165, 1.54) is 12.7 Å². The predicted octanol–water partition coefficient (Wildman–Crippen LogP) is 2.94. The summed E-state index contributed by atoms with van der Waals surface area (Å²) >= 11 is 0. The summed E-state index contributed by atoms with van der Waals surface area (Å²) in [7, 11) is 4.78. The van der Waals surface area contributed by atoms with Gasteiger partial charge in [-0.1, -0.05) is 38.8 Å². The number of methoxy groups -OCH3 is 3. The number of hydrogen-bond donors (Lipinski definition) is 6. The zero-order valence-electron chi connectivity index (χ0n) is 45.1. The third-order valence-corrected chi connectivity index (χ3v) is 19.5. The Kier molecular flexibility index (Phi) is 17.8. The Morgan fingerprint density at radius 1 is 0.622 bits per heavy atom. The molecule has 0 amide bonds. The summed E-state index contributed by atoms with van der Waals surface area (Å²) in [6, 6.07) is 0. The smallest absolute Gasteiger partial charge is 0.187 e. The lowest BCUT2D eigenvalue weighted by Gasteiger charge is -2.60. The first-order valence-electron chi connectivity index (χ1n) is 27.6. The highest BCUT2D eigenvalue weighted by Gasteiger charge is 2.70. The monoisotopic (exact) mass is 1060 g/mol. The van der Waals surface area contributed by atoms with Gasteiger partial charge in [-0.2, -0.15) is 0 Å². The normalized spacial score (nSPS) is 52.9. The van der Waals surface area contributed by atoms with Crippen LogP contribution in [0.4, 0.5) is 0 Å². The van der Waals surface area contributed by atoms with E-state index in [4.69, 9.17) is 61.6 Å². The predicted molar refractivity (Wildman–Crippen MR) is 260 cm³/mol. The molecule has 4 aliphatic carbocycles. The highest BCUT2D eigenvalue weighted by molar-refractivity contribution is 5.91. The van der Waals surface area contributed by atoms with Crippen LogP contribution < -0.4 is 0 Å². The van der Waals surface area contributed by atoms with Gasteiger partial charge in [0.05, 0.1) is 61.5 Å². The highest BCUT2D eigenvalue weighted by atomic mass is 16.8. The first kappa shape index (κ1) is 57.3. The number of Topliss-reactive ketones (excluding diaryl/α,β-unsaturated/α-hetero) is 1. The zero-order chi connectivity index (χ0) is 53.2. The minimum Gasteiger partial charge on any atom is -0.394 e. The van der Waals surface area contributed by atoms with E-state index >= 15 is 0 Å². The molecule has 20 nitrogen and oxygen atoms in total. The van der Waals surface area contributed by atoms with Crippen molar-refractivity contribution < 1.29 is 97.0 Å². The van der Waals surface area contributed by atoms with Crippen molar-refractivity contribution in [2.75, 3.05) is 27.9 Å². The van der Waals surface area contributed by atoms with Crippen LogP contribution in [0.2, 0.25) is 0 Å². The van der Waals surface area contributed by atoms with Crippen LogP contribution in [-0.4, -0.2) is 205 Å². The van der Waals surface area contributed by atoms with Crippen LogP contribution in [-0.2, 0) is 66.4 Å². The van der Waals surface area contributed by atoms with Crippen LogP contribution in [0.25, 0.3) is 0 Å². The maximum Gasteiger partial charge on any atom is 0.187 e. The van der Waals surface area contributed by atoms with Gasteiger partial charge in [0.1, 0.15) is 54.4 Å². The lowest BCUT2D eigenvalue weighted by atomic mass is 9.45. The van der Waals surface area contributed by atoms with E-state index < -0.39 is 129 Å². The standard InChI is InChI=1S/C54H88O20/c1-11-29-19-39(57)54(61)33-13-12-30-18-31(14-16-52(30,6)32(33)15-17-53(29,54)7)69-41-21-35(62-8)49(26(3)66-41)73-43-22-36(63-9)48(27(4)67-43)72-40-20-34(56)47(25(2)65-40)71-42-23-37(64-10)50(28(5)68-42)74-51-46(60)45(59)44(58)38(24-55)70-51/h12,25-29,31-38,40-51,55-56,58-61H,11,13-24H2,1-10H3/t25-,26-,27-,28-,29-,31+,32+,33-,34-,35+,36+,37-,38-,40+,41+,42+,43+,44-,45+,46-,47-,48-,49-,50-,51+,52+,53-,54-/m1/s1. The Labute approximate surface area is 436 Å². The molecular formula is C54H88O20. The lowest BCUT2D eigenvalue weighted by Crippen LogP contribution is -2.63. The second-order valence-electron chi connectivity index (χ2n) is 23.6. The minimum atomic E-state index is -1.60. The van der Waals surface area contributed by atoms with Crippen LogP contribution in [0.5, 0.6) is 0 Å². The summed E-state index contributed by atoms with van der Waals surface area (Å²) in [6.45, 7) is 13.5. The molecule has 8 fully saturated rings. The fraction of sp³-hybridized carbons (Fsp3) is 0.944. The molecule has 6 N–H and O–H groups in total. The van der Waals surface area contributed by atoms with Gasteiger partial charge < -0.3 is 92.2 Å². The van der Waals surface area contributed by atoms with Gasteiger partial charge in [0, 0.05) is 64.8 Å². The molecule has 3 saturated carbocycles. The van der Waals surface area contributed by atoms with Crippen molar-refractivity contribution in [3.63, 3.8) is 0 Å². The third kappa shape index (κ3) is 10.5. The number of aliphatic hydroxyl groups excluding tert-OH is 5. The first-order valence-corrected chi connectivity index (χ1v) is 27.6. The van der Waals surface area contributed by atoms with Gasteiger partial charge in [-0.05, 0) is 83.5 Å². The second-order valence-corrected chi connectivity index (χ2v) is 23.6. The topological polar surface area (TPSA) is 258 Å². The Bertz CT molecular complexity index is 1920. The van der Waals surface area contributed by atoms with E-state index in [9.17, 15) is 35.4 Å². The maximum absolute atomic E-state index is 13.6. The second kappa shape index (κ2) is 23.0. The molecule has 28 atom stereocenters. The van der Waals surface area contributed by atoms with Crippen molar-refractivity contribution in [3.05, 3.63) is 11.6 Å². The summed E-state index contributed by atoms with van der Waals surface area (Å²) in [6.07, 6.45) is -7.16. The molecule has 424 valence electrons. The molecular weight excluding hydrogens is 969 g/mol. The van der Waals surface area contributed by atoms with Crippen molar-refractivity contribution >= 4 is 5.78 Å². The van der Waals surface area contributed by atoms with Crippen molar-refractivity contribution in [3.8, 4) is 0 Å². The number of carbonyl (C=O) groups is 1. The highest BCUT2D eigenvalue weighted by Crippen LogP contribution is 2.67. The molecule has 0 aromatic rings. The Morgan fingerprint density at radius 2 is 1.14 bits per heavy atom. The number of ether oxygens (including phenoxy) is 13. The van der Waals surface area contributed by atoms with Crippen LogP contribution in [0, 0.1) is 28.6 Å². The molecule has 0 radical (unpaired) electrons. The van der Waals surface area contributed by atoms with E-state index in [1.807, 2.05) is 13.8 Å². The average molecular weight is 1060 g/mol. The van der Waals surface area contributed by atoms with E-state index in [0.29, 0.717) is 19.3 Å². The summed E-state index contributed by atoms with van der Waals surface area (Å²) in [4.78, 5) is 13.6. The molecule has 0 bridgehead atoms. The Hall–Kier alpha value is -1.35. The maximum atomic E-state index is 13.6. The van der Waals surface area contributed by atoms with Crippen LogP contribution in [0.1, 0.15) is 126 Å². The molecule has 9 rings (SSSR count). The number of hydrogen-bond acceptors (Lipinski definition) is 20. The van der Waals surface area contributed by atoms with Crippen LogP contribution >= 0.6 is 0 Å². The van der Waals surface area contributed by atoms with Crippen molar-refractivity contribution in [1.29, 1.82) is 0 Å². The molecule has 5 heterocycles. The molecule has 74 heavy (non-hydrogen) atoms. The molecule has 5 saturated heterocycles. The van der Waals surface area contributed by atoms with Gasteiger partial charge in [-0.25, -0.2) is 0 Å². The number of ketones is 1. The summed E-state index contributed by atoms with van der Waals surface area (Å²) in [5.41, 5.74) is -0.320. The lowest BCUT2D eigenvalue weighted by molar-refractivity contribution is -0.358. The van der Waals surface area contributed by atoms with Gasteiger partial charge >= 0.3 is 0 Å². The van der Waals surface area contributed by atoms with Gasteiger partial charge in [0.25, 0.3) is 0 Å². The largest absolute Gasteiger partial charge is 0.394 e.